The zero-order valence-corrected chi connectivity index (χ0v) is 14.0. The number of primary amides is 1. The van der Waals surface area contributed by atoms with E-state index in [1.807, 2.05) is 32.9 Å². The van der Waals surface area contributed by atoms with Crippen LogP contribution in [0.2, 0.25) is 5.02 Å². The Kier molecular flexibility index (Phi) is 7.18. The van der Waals surface area contributed by atoms with Crippen LogP contribution < -0.4 is 15.8 Å². The molecule has 0 aromatic heterocycles. The van der Waals surface area contributed by atoms with Crippen LogP contribution in [0.25, 0.3) is 0 Å². The van der Waals surface area contributed by atoms with Gasteiger partial charge in [0, 0.05) is 18.0 Å². The second-order valence-electron chi connectivity index (χ2n) is 5.50. The van der Waals surface area contributed by atoms with Gasteiger partial charge in [-0.25, -0.2) is 0 Å². The summed E-state index contributed by atoms with van der Waals surface area (Å²) in [6, 6.07) is 3.72. The summed E-state index contributed by atoms with van der Waals surface area (Å²) in [6.45, 7) is 6.30. The van der Waals surface area contributed by atoms with Crippen LogP contribution >= 0.6 is 11.6 Å². The summed E-state index contributed by atoms with van der Waals surface area (Å²) < 4.78 is 5.61. The maximum atomic E-state index is 11.7. The van der Waals surface area contributed by atoms with Crippen molar-refractivity contribution in [1.29, 1.82) is 0 Å². The number of benzene rings is 1. The second-order valence-corrected chi connectivity index (χ2v) is 5.91. The number of hydrogen-bond donors (Lipinski definition) is 2. The van der Waals surface area contributed by atoms with Crippen LogP contribution in [0, 0.1) is 6.92 Å². The van der Waals surface area contributed by atoms with E-state index >= 15 is 0 Å². The molecule has 122 valence electrons. The Morgan fingerprint density at radius 2 is 2.05 bits per heavy atom. The highest BCUT2D eigenvalue weighted by Crippen LogP contribution is 2.31. The van der Waals surface area contributed by atoms with E-state index in [0.717, 1.165) is 11.1 Å². The molecule has 0 unspecified atom stereocenters. The monoisotopic (exact) mass is 326 g/mol. The van der Waals surface area contributed by atoms with Gasteiger partial charge >= 0.3 is 0 Å². The first-order chi connectivity index (χ1) is 10.3. The fourth-order valence-corrected chi connectivity index (χ4v) is 2.10. The van der Waals surface area contributed by atoms with Crippen LogP contribution in [0.1, 0.15) is 43.7 Å². The second kappa shape index (κ2) is 8.63. The molecule has 0 atom stereocenters. The smallest absolute Gasteiger partial charge is 0.257 e. The van der Waals surface area contributed by atoms with E-state index in [4.69, 9.17) is 22.1 Å². The standard InChI is InChI=1S/C16H23ClN2O3/c1-10(2)12-8-13(17)11(3)7-14(12)22-9-16(21)19-6-4-5-15(18)20/h7-8,10H,4-6,9H2,1-3H3,(H2,18,20)(H,19,21). The van der Waals surface area contributed by atoms with E-state index < -0.39 is 0 Å². The number of carbonyl (C=O) groups excluding carboxylic acids is 2. The van der Waals surface area contributed by atoms with Crippen LogP contribution in [-0.4, -0.2) is 25.0 Å². The van der Waals surface area contributed by atoms with Gasteiger partial charge in [0.1, 0.15) is 5.75 Å². The van der Waals surface area contributed by atoms with Crippen molar-refractivity contribution in [3.63, 3.8) is 0 Å². The normalized spacial score (nSPS) is 10.6. The lowest BCUT2D eigenvalue weighted by molar-refractivity contribution is -0.123. The number of carbonyl (C=O) groups is 2. The van der Waals surface area contributed by atoms with Crippen LogP contribution in [0.5, 0.6) is 5.75 Å². The predicted molar refractivity (Wildman–Crippen MR) is 87.2 cm³/mol. The number of aryl methyl sites for hydroxylation is 1. The Labute approximate surface area is 136 Å². The van der Waals surface area contributed by atoms with Crippen molar-refractivity contribution in [2.75, 3.05) is 13.2 Å². The van der Waals surface area contributed by atoms with Gasteiger partial charge in [0.15, 0.2) is 6.61 Å². The third kappa shape index (κ3) is 5.93. The van der Waals surface area contributed by atoms with Crippen LogP contribution in [0.3, 0.4) is 0 Å². The maximum absolute atomic E-state index is 11.7. The molecule has 1 aromatic carbocycles. The first kappa shape index (κ1) is 18.3. The molecule has 1 aromatic rings. The minimum atomic E-state index is -0.372. The van der Waals surface area contributed by atoms with E-state index in [-0.39, 0.29) is 30.8 Å². The van der Waals surface area contributed by atoms with Crippen LogP contribution in [0.15, 0.2) is 12.1 Å². The molecule has 0 fully saturated rings. The number of ether oxygens (including phenoxy) is 1. The molecule has 3 N–H and O–H groups in total. The molecule has 5 nitrogen and oxygen atoms in total. The molecule has 0 saturated carbocycles. The van der Waals surface area contributed by atoms with E-state index in [9.17, 15) is 9.59 Å². The topological polar surface area (TPSA) is 81.4 Å². The Morgan fingerprint density at radius 3 is 2.64 bits per heavy atom. The van der Waals surface area contributed by atoms with Gasteiger partial charge in [-0.3, -0.25) is 9.59 Å². The average Bonchev–Trinajstić information content (AvgIpc) is 2.44. The van der Waals surface area contributed by atoms with Crippen molar-refractivity contribution in [2.45, 2.75) is 39.5 Å². The van der Waals surface area contributed by atoms with E-state index in [2.05, 4.69) is 5.32 Å². The van der Waals surface area contributed by atoms with E-state index in [0.29, 0.717) is 23.7 Å². The summed E-state index contributed by atoms with van der Waals surface area (Å²) in [5.74, 6) is 0.311. The largest absolute Gasteiger partial charge is 0.483 e. The highest BCUT2D eigenvalue weighted by Gasteiger charge is 2.12. The fraction of sp³-hybridized carbons (Fsp3) is 0.500. The Hall–Kier alpha value is -1.75. The number of rotatable bonds is 8. The van der Waals surface area contributed by atoms with Crippen molar-refractivity contribution < 1.29 is 14.3 Å². The van der Waals surface area contributed by atoms with Crippen molar-refractivity contribution in [1.82, 2.24) is 5.32 Å². The lowest BCUT2D eigenvalue weighted by Crippen LogP contribution is -2.30. The van der Waals surface area contributed by atoms with Crippen molar-refractivity contribution >= 4 is 23.4 Å². The van der Waals surface area contributed by atoms with Gasteiger partial charge < -0.3 is 15.8 Å². The molecule has 0 aliphatic carbocycles. The molecule has 1 rings (SSSR count). The lowest BCUT2D eigenvalue weighted by Gasteiger charge is -2.15. The molecular formula is C16H23ClN2O3. The third-order valence-electron chi connectivity index (χ3n) is 3.19. The predicted octanol–water partition coefficient (Wildman–Crippen LogP) is 2.53. The number of nitrogens with two attached hydrogens (primary N) is 1. The molecule has 22 heavy (non-hydrogen) atoms. The van der Waals surface area contributed by atoms with E-state index in [1.54, 1.807) is 0 Å². The van der Waals surface area contributed by atoms with Gasteiger partial charge in [-0.2, -0.15) is 0 Å². The van der Waals surface area contributed by atoms with E-state index in [1.165, 1.54) is 0 Å². The van der Waals surface area contributed by atoms with Crippen molar-refractivity contribution in [2.24, 2.45) is 5.73 Å². The van der Waals surface area contributed by atoms with Crippen LogP contribution in [0.4, 0.5) is 0 Å². The molecular weight excluding hydrogens is 304 g/mol. The summed E-state index contributed by atoms with van der Waals surface area (Å²) in [4.78, 5) is 22.3. The minimum Gasteiger partial charge on any atom is -0.483 e. The van der Waals surface area contributed by atoms with Gasteiger partial charge in [0.2, 0.25) is 5.91 Å². The first-order valence-electron chi connectivity index (χ1n) is 7.29. The Balaban J connectivity index is 2.55. The third-order valence-corrected chi connectivity index (χ3v) is 3.60. The molecule has 0 bridgehead atoms. The molecule has 0 saturated heterocycles. The van der Waals surface area contributed by atoms with Crippen LogP contribution in [-0.2, 0) is 9.59 Å². The van der Waals surface area contributed by atoms with Gasteiger partial charge in [-0.05, 0) is 42.5 Å². The molecule has 0 heterocycles. The fourth-order valence-electron chi connectivity index (χ4n) is 1.93. The van der Waals surface area contributed by atoms with Gasteiger partial charge in [-0.1, -0.05) is 25.4 Å². The zero-order chi connectivity index (χ0) is 16.7. The summed E-state index contributed by atoms with van der Waals surface area (Å²) in [7, 11) is 0. The molecule has 0 aliphatic rings. The lowest BCUT2D eigenvalue weighted by atomic mass is 10.0. The van der Waals surface area contributed by atoms with Gasteiger partial charge in [-0.15, -0.1) is 0 Å². The summed E-state index contributed by atoms with van der Waals surface area (Å²) >= 11 is 6.13. The minimum absolute atomic E-state index is 0.0721. The highest BCUT2D eigenvalue weighted by molar-refractivity contribution is 6.31. The molecule has 0 spiro atoms. The van der Waals surface area contributed by atoms with Gasteiger partial charge in [0.25, 0.3) is 5.91 Å². The SMILES string of the molecule is Cc1cc(OCC(=O)NCCCC(N)=O)c(C(C)C)cc1Cl. The number of nitrogens with one attached hydrogen (secondary N) is 1. The number of hydrogen-bond acceptors (Lipinski definition) is 3. The highest BCUT2D eigenvalue weighted by atomic mass is 35.5. The Bertz CT molecular complexity index is 544. The first-order valence-corrected chi connectivity index (χ1v) is 7.67. The maximum Gasteiger partial charge on any atom is 0.257 e. The quantitative estimate of drug-likeness (QED) is 0.720. The van der Waals surface area contributed by atoms with Crippen molar-refractivity contribution in [3.05, 3.63) is 28.3 Å². The number of amides is 2. The molecule has 6 heteroatoms. The molecule has 0 radical (unpaired) electrons. The summed E-state index contributed by atoms with van der Waals surface area (Å²) in [6.07, 6.45) is 0.785. The average molecular weight is 327 g/mol. The Morgan fingerprint density at radius 1 is 1.36 bits per heavy atom. The van der Waals surface area contributed by atoms with Gasteiger partial charge in [0.05, 0.1) is 0 Å². The zero-order valence-electron chi connectivity index (χ0n) is 13.2. The molecule has 2 amide bonds. The number of halogens is 1. The van der Waals surface area contributed by atoms with Crippen molar-refractivity contribution in [3.8, 4) is 5.75 Å². The summed E-state index contributed by atoms with van der Waals surface area (Å²) in [5.41, 5.74) is 6.90. The summed E-state index contributed by atoms with van der Waals surface area (Å²) in [5, 5.41) is 3.37. The molecule has 0 aliphatic heterocycles.